The van der Waals surface area contributed by atoms with E-state index in [0.717, 1.165) is 34.9 Å². The minimum Gasteiger partial charge on any atom is -0.477 e. The molecule has 5 nitrogen and oxygen atoms in total. The maximum Gasteiger partial charge on any atom is 0.352 e. The molecule has 26 heavy (non-hydrogen) atoms. The maximum atomic E-state index is 11.5. The van der Waals surface area contributed by atoms with Gasteiger partial charge in [0, 0.05) is 16.9 Å². The lowest BCUT2D eigenvalue weighted by Gasteiger charge is -2.24. The standard InChI is InChI=1S/C20H15N3O2S/c24-19(25)15-11-13-6-2-4-8-16(13)23(22-15)20-21-18-14-7-3-1-5-12(14)9-10-17(18)26-20/h1-8H,9-11H2,(H,24,25). The molecular formula is C20H15N3O2S. The minimum atomic E-state index is -0.990. The highest BCUT2D eigenvalue weighted by Crippen LogP contribution is 2.42. The summed E-state index contributed by atoms with van der Waals surface area (Å²) in [6, 6.07) is 16.1. The predicted octanol–water partition coefficient (Wildman–Crippen LogP) is 4.04. The van der Waals surface area contributed by atoms with Gasteiger partial charge in [-0.05, 0) is 30.0 Å². The molecule has 0 atom stereocenters. The fourth-order valence-corrected chi connectivity index (χ4v) is 4.59. The Balaban J connectivity index is 1.65. The molecule has 5 rings (SSSR count). The second-order valence-corrected chi connectivity index (χ2v) is 7.46. The third-order valence-electron chi connectivity index (χ3n) is 4.81. The molecule has 1 N–H and O–H groups in total. The van der Waals surface area contributed by atoms with E-state index in [9.17, 15) is 9.90 Å². The Bertz CT molecular complexity index is 1070. The number of nitrogens with zero attached hydrogens (tertiary/aromatic N) is 3. The Labute approximate surface area is 154 Å². The van der Waals surface area contributed by atoms with Crippen LogP contribution in [0.2, 0.25) is 0 Å². The van der Waals surface area contributed by atoms with Gasteiger partial charge in [-0.3, -0.25) is 0 Å². The van der Waals surface area contributed by atoms with Crippen LogP contribution in [0.5, 0.6) is 0 Å². The maximum absolute atomic E-state index is 11.5. The van der Waals surface area contributed by atoms with Crippen LogP contribution in [-0.4, -0.2) is 21.8 Å². The first-order valence-electron chi connectivity index (χ1n) is 8.47. The number of carboxylic acid groups (broad SMARTS) is 1. The zero-order chi connectivity index (χ0) is 17.7. The SMILES string of the molecule is O=C(O)C1=NN(c2nc3c(s2)CCc2ccccc2-3)c2ccccc2C1. The van der Waals surface area contributed by atoms with E-state index in [1.165, 1.54) is 16.0 Å². The van der Waals surface area contributed by atoms with Crippen molar-refractivity contribution in [2.45, 2.75) is 19.3 Å². The number of aryl methyl sites for hydroxylation is 2. The fraction of sp³-hybridized carbons (Fsp3) is 0.150. The highest BCUT2D eigenvalue weighted by Gasteiger charge is 2.28. The number of aliphatic carboxylic acids is 1. The van der Waals surface area contributed by atoms with E-state index in [1.807, 2.05) is 30.3 Å². The Kier molecular flexibility index (Phi) is 3.39. The molecular weight excluding hydrogens is 346 g/mol. The molecule has 0 spiro atoms. The molecule has 2 heterocycles. The van der Waals surface area contributed by atoms with Crippen LogP contribution in [0.15, 0.2) is 53.6 Å². The number of carboxylic acids is 1. The summed E-state index contributed by atoms with van der Waals surface area (Å²) in [6.45, 7) is 0. The van der Waals surface area contributed by atoms with Gasteiger partial charge in [-0.25, -0.2) is 14.8 Å². The van der Waals surface area contributed by atoms with Crippen LogP contribution in [0, 0.1) is 0 Å². The van der Waals surface area contributed by atoms with Gasteiger partial charge in [-0.2, -0.15) is 5.10 Å². The van der Waals surface area contributed by atoms with Crippen molar-refractivity contribution in [1.29, 1.82) is 0 Å². The Morgan fingerprint density at radius 1 is 1.04 bits per heavy atom. The molecule has 0 bridgehead atoms. The molecule has 2 aromatic carbocycles. The molecule has 128 valence electrons. The number of hydrogen-bond acceptors (Lipinski definition) is 5. The third-order valence-corrected chi connectivity index (χ3v) is 5.90. The van der Waals surface area contributed by atoms with Crippen LogP contribution < -0.4 is 5.01 Å². The number of anilines is 2. The summed E-state index contributed by atoms with van der Waals surface area (Å²) in [5, 5.41) is 16.2. The monoisotopic (exact) mass is 361 g/mol. The lowest BCUT2D eigenvalue weighted by molar-refractivity contribution is -0.129. The second kappa shape index (κ2) is 5.78. The molecule has 6 heteroatoms. The number of fused-ring (bicyclic) bond motifs is 4. The first kappa shape index (κ1) is 15.3. The van der Waals surface area contributed by atoms with Crippen molar-refractivity contribution in [3.8, 4) is 11.3 Å². The van der Waals surface area contributed by atoms with E-state index in [2.05, 4.69) is 23.3 Å². The van der Waals surface area contributed by atoms with Gasteiger partial charge in [0.2, 0.25) is 5.13 Å². The zero-order valence-corrected chi connectivity index (χ0v) is 14.7. The first-order valence-corrected chi connectivity index (χ1v) is 9.29. The normalized spacial score (nSPS) is 14.9. The molecule has 0 amide bonds. The quantitative estimate of drug-likeness (QED) is 0.748. The summed E-state index contributed by atoms with van der Waals surface area (Å²) in [5.74, 6) is -0.990. The Morgan fingerprint density at radius 3 is 2.65 bits per heavy atom. The smallest absolute Gasteiger partial charge is 0.352 e. The second-order valence-electron chi connectivity index (χ2n) is 6.39. The van der Waals surface area contributed by atoms with Crippen molar-refractivity contribution in [3.63, 3.8) is 0 Å². The van der Waals surface area contributed by atoms with Crippen molar-refractivity contribution in [2.75, 3.05) is 5.01 Å². The van der Waals surface area contributed by atoms with E-state index in [4.69, 9.17) is 4.98 Å². The Morgan fingerprint density at radius 2 is 1.81 bits per heavy atom. The van der Waals surface area contributed by atoms with Gasteiger partial charge >= 0.3 is 5.97 Å². The number of hydrazone groups is 1. The summed E-state index contributed by atoms with van der Waals surface area (Å²) in [7, 11) is 0. The summed E-state index contributed by atoms with van der Waals surface area (Å²) in [5.41, 5.74) is 5.47. The third kappa shape index (κ3) is 2.34. The van der Waals surface area contributed by atoms with Crippen LogP contribution in [-0.2, 0) is 24.1 Å². The lowest BCUT2D eigenvalue weighted by Crippen LogP contribution is -2.27. The summed E-state index contributed by atoms with van der Waals surface area (Å²) >= 11 is 1.60. The van der Waals surface area contributed by atoms with E-state index >= 15 is 0 Å². The molecule has 3 aromatic rings. The molecule has 0 saturated carbocycles. The summed E-state index contributed by atoms with van der Waals surface area (Å²) < 4.78 is 0. The van der Waals surface area contributed by atoms with Crippen molar-refractivity contribution < 1.29 is 9.90 Å². The van der Waals surface area contributed by atoms with E-state index in [1.54, 1.807) is 16.3 Å². The van der Waals surface area contributed by atoms with Crippen LogP contribution in [0.4, 0.5) is 10.8 Å². The average Bonchev–Trinajstić information content (AvgIpc) is 3.11. The molecule has 0 radical (unpaired) electrons. The van der Waals surface area contributed by atoms with Crippen molar-refractivity contribution in [3.05, 3.63) is 64.5 Å². The molecule has 0 unspecified atom stereocenters. The van der Waals surface area contributed by atoms with Gasteiger partial charge < -0.3 is 5.11 Å². The van der Waals surface area contributed by atoms with Crippen LogP contribution >= 0.6 is 11.3 Å². The van der Waals surface area contributed by atoms with Crippen molar-refractivity contribution in [2.24, 2.45) is 5.10 Å². The summed E-state index contributed by atoms with van der Waals surface area (Å²) in [4.78, 5) is 17.6. The van der Waals surface area contributed by atoms with Crippen molar-refractivity contribution in [1.82, 2.24) is 4.98 Å². The van der Waals surface area contributed by atoms with Crippen LogP contribution in [0.3, 0.4) is 0 Å². The minimum absolute atomic E-state index is 0.136. The fourth-order valence-electron chi connectivity index (χ4n) is 3.55. The number of thiazole rings is 1. The van der Waals surface area contributed by atoms with E-state index in [0.29, 0.717) is 6.42 Å². The molecule has 1 aliphatic carbocycles. The summed E-state index contributed by atoms with van der Waals surface area (Å²) in [6.07, 6.45) is 2.29. The number of rotatable bonds is 2. The van der Waals surface area contributed by atoms with Gasteiger partial charge in [0.05, 0.1) is 11.4 Å². The number of aromatic nitrogens is 1. The first-order chi connectivity index (χ1) is 12.7. The van der Waals surface area contributed by atoms with Gasteiger partial charge in [-0.15, -0.1) is 0 Å². The highest BCUT2D eigenvalue weighted by molar-refractivity contribution is 7.16. The van der Waals surface area contributed by atoms with Gasteiger partial charge in [-0.1, -0.05) is 53.8 Å². The van der Waals surface area contributed by atoms with E-state index in [-0.39, 0.29) is 5.71 Å². The number of para-hydroxylation sites is 1. The van der Waals surface area contributed by atoms with Gasteiger partial charge in [0.1, 0.15) is 0 Å². The molecule has 0 saturated heterocycles. The molecule has 2 aliphatic rings. The van der Waals surface area contributed by atoms with Crippen molar-refractivity contribution >= 4 is 33.8 Å². The number of carbonyl (C=O) groups is 1. The zero-order valence-electron chi connectivity index (χ0n) is 13.8. The Hall–Kier alpha value is -2.99. The predicted molar refractivity (Wildman–Crippen MR) is 102 cm³/mol. The largest absolute Gasteiger partial charge is 0.477 e. The van der Waals surface area contributed by atoms with E-state index < -0.39 is 5.97 Å². The number of benzene rings is 2. The van der Waals surface area contributed by atoms with Crippen LogP contribution in [0.1, 0.15) is 16.0 Å². The molecule has 1 aromatic heterocycles. The topological polar surface area (TPSA) is 65.8 Å². The highest BCUT2D eigenvalue weighted by atomic mass is 32.1. The van der Waals surface area contributed by atoms with Crippen LogP contribution in [0.25, 0.3) is 11.3 Å². The molecule has 0 fully saturated rings. The van der Waals surface area contributed by atoms with Gasteiger partial charge in [0.25, 0.3) is 0 Å². The lowest BCUT2D eigenvalue weighted by atomic mass is 9.94. The average molecular weight is 361 g/mol. The number of hydrogen-bond donors (Lipinski definition) is 1. The molecule has 1 aliphatic heterocycles. The van der Waals surface area contributed by atoms with Gasteiger partial charge in [0.15, 0.2) is 5.71 Å².